The smallest absolute Gasteiger partial charge is 0.239 e. The third-order valence-corrected chi connectivity index (χ3v) is 3.06. The number of anilines is 1. The lowest BCUT2D eigenvalue weighted by atomic mass is 10.1. The second kappa shape index (κ2) is 8.95. The van der Waals surface area contributed by atoms with Crippen molar-refractivity contribution in [1.29, 1.82) is 5.26 Å². The van der Waals surface area contributed by atoms with E-state index in [-0.39, 0.29) is 12.5 Å². The number of hydrogen-bond acceptors (Lipinski definition) is 5. The van der Waals surface area contributed by atoms with Crippen LogP contribution in [0.1, 0.15) is 11.1 Å². The van der Waals surface area contributed by atoms with E-state index in [2.05, 4.69) is 16.7 Å². The minimum Gasteiger partial charge on any atom is -0.383 e. The molecule has 1 rings (SSSR count). The van der Waals surface area contributed by atoms with Crippen LogP contribution in [-0.4, -0.2) is 46.8 Å². The normalized spacial score (nSPS) is 10.0. The van der Waals surface area contributed by atoms with Gasteiger partial charge in [-0.15, -0.1) is 0 Å². The van der Waals surface area contributed by atoms with Crippen LogP contribution in [0.3, 0.4) is 0 Å². The van der Waals surface area contributed by atoms with Crippen molar-refractivity contribution in [3.05, 3.63) is 29.3 Å². The molecule has 0 aliphatic heterocycles. The molecule has 0 heterocycles. The lowest BCUT2D eigenvalue weighted by Crippen LogP contribution is -2.33. The second-order valence-corrected chi connectivity index (χ2v) is 4.66. The summed E-state index contributed by atoms with van der Waals surface area (Å²) >= 11 is 0. The van der Waals surface area contributed by atoms with Crippen molar-refractivity contribution in [3.8, 4) is 6.07 Å². The van der Waals surface area contributed by atoms with E-state index < -0.39 is 0 Å². The summed E-state index contributed by atoms with van der Waals surface area (Å²) < 4.78 is 4.96. The lowest BCUT2D eigenvalue weighted by molar-refractivity contribution is -0.119. The number of carbonyl (C=O) groups is 1. The number of hydrogen-bond donors (Lipinski definition) is 2. The van der Waals surface area contributed by atoms with Gasteiger partial charge in [0.1, 0.15) is 6.07 Å². The van der Waals surface area contributed by atoms with Crippen LogP contribution < -0.4 is 15.5 Å². The molecule has 114 valence electrons. The number of likely N-dealkylation sites (N-methyl/N-ethyl adjacent to an activating group) is 2. The van der Waals surface area contributed by atoms with Crippen molar-refractivity contribution >= 4 is 11.6 Å². The van der Waals surface area contributed by atoms with Gasteiger partial charge < -0.3 is 20.3 Å². The molecule has 0 spiro atoms. The van der Waals surface area contributed by atoms with Crippen molar-refractivity contribution in [2.24, 2.45) is 0 Å². The van der Waals surface area contributed by atoms with Gasteiger partial charge in [-0.25, -0.2) is 0 Å². The van der Waals surface area contributed by atoms with E-state index in [0.717, 1.165) is 17.8 Å². The Morgan fingerprint density at radius 3 is 2.86 bits per heavy atom. The van der Waals surface area contributed by atoms with Crippen LogP contribution in [0.25, 0.3) is 0 Å². The standard InChI is InChI=1S/C15H22N4O2/c1-17-15(20)11-19(2)14-5-4-12(8-13(14)9-16)10-18-6-7-21-3/h4-5,8,18H,6-7,10-11H2,1-3H3,(H,17,20). The molecule has 0 aliphatic rings. The van der Waals surface area contributed by atoms with E-state index in [1.807, 2.05) is 18.2 Å². The Balaban J connectivity index is 2.74. The zero-order chi connectivity index (χ0) is 15.7. The Bertz CT molecular complexity index is 511. The average molecular weight is 290 g/mol. The number of ether oxygens (including phenoxy) is 1. The van der Waals surface area contributed by atoms with Gasteiger partial charge in [-0.3, -0.25) is 4.79 Å². The average Bonchev–Trinajstić information content (AvgIpc) is 2.51. The monoisotopic (exact) mass is 290 g/mol. The maximum Gasteiger partial charge on any atom is 0.239 e. The number of nitriles is 1. The second-order valence-electron chi connectivity index (χ2n) is 4.66. The van der Waals surface area contributed by atoms with Crippen molar-refractivity contribution in [2.45, 2.75) is 6.54 Å². The number of methoxy groups -OCH3 is 1. The summed E-state index contributed by atoms with van der Waals surface area (Å²) in [6.45, 7) is 2.31. The van der Waals surface area contributed by atoms with Crippen molar-refractivity contribution in [1.82, 2.24) is 10.6 Å². The van der Waals surface area contributed by atoms with Crippen LogP contribution in [0.2, 0.25) is 0 Å². The van der Waals surface area contributed by atoms with E-state index in [1.54, 1.807) is 26.1 Å². The third kappa shape index (κ3) is 5.42. The zero-order valence-electron chi connectivity index (χ0n) is 12.8. The Labute approximate surface area is 125 Å². The fraction of sp³-hybridized carbons (Fsp3) is 0.467. The van der Waals surface area contributed by atoms with Crippen molar-refractivity contribution in [3.63, 3.8) is 0 Å². The summed E-state index contributed by atoms with van der Waals surface area (Å²) in [4.78, 5) is 13.2. The van der Waals surface area contributed by atoms with Gasteiger partial charge in [0.25, 0.3) is 0 Å². The van der Waals surface area contributed by atoms with E-state index in [0.29, 0.717) is 18.7 Å². The Hall–Kier alpha value is -2.10. The predicted molar refractivity (Wildman–Crippen MR) is 82.1 cm³/mol. The highest BCUT2D eigenvalue weighted by atomic mass is 16.5. The van der Waals surface area contributed by atoms with Crippen molar-refractivity contribution in [2.75, 3.05) is 45.8 Å². The molecule has 0 saturated carbocycles. The SMILES string of the molecule is CNC(=O)CN(C)c1ccc(CNCCOC)cc1C#N. The van der Waals surface area contributed by atoms with Crippen molar-refractivity contribution < 1.29 is 9.53 Å². The number of nitrogens with zero attached hydrogens (tertiary/aromatic N) is 2. The fourth-order valence-corrected chi connectivity index (χ4v) is 1.90. The van der Waals surface area contributed by atoms with Gasteiger partial charge in [0.05, 0.1) is 24.4 Å². The number of benzene rings is 1. The molecular formula is C15H22N4O2. The summed E-state index contributed by atoms with van der Waals surface area (Å²) in [7, 11) is 5.05. The molecule has 0 unspecified atom stereocenters. The van der Waals surface area contributed by atoms with Crippen LogP contribution >= 0.6 is 0 Å². The Morgan fingerprint density at radius 1 is 1.48 bits per heavy atom. The van der Waals surface area contributed by atoms with Crippen LogP contribution in [0.5, 0.6) is 0 Å². The Kier molecular flexibility index (Phi) is 7.23. The quantitative estimate of drug-likeness (QED) is 0.681. The van der Waals surface area contributed by atoms with Crippen LogP contribution in [0.4, 0.5) is 5.69 Å². The molecule has 0 radical (unpaired) electrons. The van der Waals surface area contributed by atoms with E-state index in [9.17, 15) is 10.1 Å². The summed E-state index contributed by atoms with van der Waals surface area (Å²) in [6, 6.07) is 7.85. The van der Waals surface area contributed by atoms with Gasteiger partial charge in [-0.1, -0.05) is 6.07 Å². The molecule has 0 atom stereocenters. The molecule has 0 aromatic heterocycles. The summed E-state index contributed by atoms with van der Waals surface area (Å²) in [6.07, 6.45) is 0. The van der Waals surface area contributed by atoms with Gasteiger partial charge in [-0.2, -0.15) is 5.26 Å². The molecule has 1 aromatic rings. The van der Waals surface area contributed by atoms with Crippen LogP contribution in [0, 0.1) is 11.3 Å². The molecule has 21 heavy (non-hydrogen) atoms. The van der Waals surface area contributed by atoms with Crippen LogP contribution in [-0.2, 0) is 16.1 Å². The highest BCUT2D eigenvalue weighted by Gasteiger charge is 2.11. The maximum atomic E-state index is 11.4. The minimum atomic E-state index is -0.0910. The number of amides is 1. The first-order valence-electron chi connectivity index (χ1n) is 6.76. The van der Waals surface area contributed by atoms with Gasteiger partial charge in [0.15, 0.2) is 0 Å². The molecular weight excluding hydrogens is 268 g/mol. The number of carbonyl (C=O) groups excluding carboxylic acids is 1. The number of nitrogens with one attached hydrogen (secondary N) is 2. The first kappa shape index (κ1) is 17.0. The van der Waals surface area contributed by atoms with Gasteiger partial charge in [0, 0.05) is 34.3 Å². The molecule has 1 amide bonds. The molecule has 0 saturated heterocycles. The van der Waals surface area contributed by atoms with E-state index >= 15 is 0 Å². The molecule has 6 heteroatoms. The first-order chi connectivity index (χ1) is 10.1. The summed E-state index contributed by atoms with van der Waals surface area (Å²) in [5, 5.41) is 15.1. The maximum absolute atomic E-state index is 11.4. The topological polar surface area (TPSA) is 77.4 Å². The zero-order valence-corrected chi connectivity index (χ0v) is 12.8. The molecule has 2 N–H and O–H groups in total. The molecule has 0 fully saturated rings. The minimum absolute atomic E-state index is 0.0910. The lowest BCUT2D eigenvalue weighted by Gasteiger charge is -2.20. The predicted octanol–water partition coefficient (Wildman–Crippen LogP) is 0.476. The molecule has 1 aromatic carbocycles. The summed E-state index contributed by atoms with van der Waals surface area (Å²) in [5.74, 6) is -0.0910. The van der Waals surface area contributed by atoms with E-state index in [4.69, 9.17) is 4.74 Å². The fourth-order valence-electron chi connectivity index (χ4n) is 1.90. The van der Waals surface area contributed by atoms with E-state index in [1.165, 1.54) is 0 Å². The van der Waals surface area contributed by atoms with Crippen LogP contribution in [0.15, 0.2) is 18.2 Å². The van der Waals surface area contributed by atoms with Gasteiger partial charge >= 0.3 is 0 Å². The number of rotatable bonds is 8. The third-order valence-electron chi connectivity index (χ3n) is 3.06. The largest absolute Gasteiger partial charge is 0.383 e. The molecule has 0 bridgehead atoms. The first-order valence-corrected chi connectivity index (χ1v) is 6.76. The molecule has 6 nitrogen and oxygen atoms in total. The Morgan fingerprint density at radius 2 is 2.24 bits per heavy atom. The summed E-state index contributed by atoms with van der Waals surface area (Å²) in [5.41, 5.74) is 2.34. The molecule has 0 aliphatic carbocycles. The highest BCUT2D eigenvalue weighted by molar-refractivity contribution is 5.81. The van der Waals surface area contributed by atoms with Gasteiger partial charge in [-0.05, 0) is 17.7 Å². The van der Waals surface area contributed by atoms with Gasteiger partial charge in [0.2, 0.25) is 5.91 Å². The highest BCUT2D eigenvalue weighted by Crippen LogP contribution is 2.20.